The highest BCUT2D eigenvalue weighted by Crippen LogP contribution is 2.34. The lowest BCUT2D eigenvalue weighted by atomic mass is 9.98. The van der Waals surface area contributed by atoms with Crippen molar-refractivity contribution in [3.05, 3.63) is 59.1 Å². The van der Waals surface area contributed by atoms with Crippen LogP contribution in [0.25, 0.3) is 10.6 Å². The van der Waals surface area contributed by atoms with Crippen molar-refractivity contribution in [3.63, 3.8) is 0 Å². The van der Waals surface area contributed by atoms with Crippen molar-refractivity contribution < 1.29 is 18.3 Å². The van der Waals surface area contributed by atoms with E-state index in [0.717, 1.165) is 23.9 Å². The average molecular weight is 430 g/mol. The molecule has 1 saturated heterocycles. The smallest absolute Gasteiger partial charge is 0.321 e. The van der Waals surface area contributed by atoms with E-state index in [9.17, 15) is 13.6 Å². The quantitative estimate of drug-likeness (QED) is 0.639. The van der Waals surface area contributed by atoms with Crippen LogP contribution in [0.3, 0.4) is 0 Å². The molecule has 1 fully saturated rings. The SMILES string of the molecule is COc1cccc(NC(=O)N2CCC(c3nnc(-c4ccc(F)cc4F)s3)CC2)c1. The van der Waals surface area contributed by atoms with Gasteiger partial charge in [-0.3, -0.25) is 0 Å². The van der Waals surface area contributed by atoms with Crippen molar-refractivity contribution in [1.82, 2.24) is 15.1 Å². The Labute approximate surface area is 176 Å². The van der Waals surface area contributed by atoms with Crippen LogP contribution in [0, 0.1) is 11.6 Å². The molecule has 30 heavy (non-hydrogen) atoms. The third kappa shape index (κ3) is 4.40. The van der Waals surface area contributed by atoms with Crippen LogP contribution in [0.5, 0.6) is 5.75 Å². The standard InChI is InChI=1S/C21H20F2N4O2S/c1-29-16-4-2-3-15(12-16)24-21(28)27-9-7-13(8-10-27)19-25-26-20(30-19)17-6-5-14(22)11-18(17)23/h2-6,11-13H,7-10H2,1H3,(H,24,28). The molecule has 2 aromatic carbocycles. The molecule has 9 heteroatoms. The van der Waals surface area contributed by atoms with Crippen LogP contribution in [0.1, 0.15) is 23.8 Å². The number of rotatable bonds is 4. The number of nitrogens with one attached hydrogen (secondary N) is 1. The third-order valence-electron chi connectivity index (χ3n) is 5.05. The maximum atomic E-state index is 14.0. The molecule has 1 aliphatic heterocycles. The number of amides is 2. The fourth-order valence-electron chi connectivity index (χ4n) is 3.40. The molecule has 4 rings (SSSR count). The molecule has 0 bridgehead atoms. The van der Waals surface area contributed by atoms with Crippen molar-refractivity contribution in [2.45, 2.75) is 18.8 Å². The Morgan fingerprint density at radius 1 is 1.17 bits per heavy atom. The van der Waals surface area contributed by atoms with Gasteiger partial charge in [0.1, 0.15) is 22.4 Å². The number of aromatic nitrogens is 2. The number of carbonyl (C=O) groups excluding carboxylic acids is 1. The Balaban J connectivity index is 1.36. The van der Waals surface area contributed by atoms with Crippen LogP contribution >= 0.6 is 11.3 Å². The first-order chi connectivity index (χ1) is 14.5. The zero-order valence-corrected chi connectivity index (χ0v) is 17.1. The summed E-state index contributed by atoms with van der Waals surface area (Å²) in [6, 6.07) is 10.5. The molecule has 0 spiro atoms. The summed E-state index contributed by atoms with van der Waals surface area (Å²) in [5.41, 5.74) is 0.923. The number of hydrogen-bond acceptors (Lipinski definition) is 5. The van der Waals surface area contributed by atoms with Crippen LogP contribution in [-0.2, 0) is 0 Å². The van der Waals surface area contributed by atoms with E-state index in [1.54, 1.807) is 18.1 Å². The van der Waals surface area contributed by atoms with Gasteiger partial charge in [-0.2, -0.15) is 0 Å². The number of carbonyl (C=O) groups is 1. The Morgan fingerprint density at radius 2 is 1.97 bits per heavy atom. The minimum atomic E-state index is -0.651. The maximum absolute atomic E-state index is 14.0. The van der Waals surface area contributed by atoms with Gasteiger partial charge in [0.15, 0.2) is 5.01 Å². The number of ether oxygens (including phenoxy) is 1. The van der Waals surface area contributed by atoms with E-state index in [0.29, 0.717) is 29.5 Å². The van der Waals surface area contributed by atoms with E-state index < -0.39 is 11.6 Å². The molecule has 0 radical (unpaired) electrons. The normalized spacial score (nSPS) is 14.6. The molecule has 1 aromatic heterocycles. The summed E-state index contributed by atoms with van der Waals surface area (Å²) in [7, 11) is 1.58. The van der Waals surface area contributed by atoms with Gasteiger partial charge in [-0.15, -0.1) is 10.2 Å². The monoisotopic (exact) mass is 430 g/mol. The fraction of sp³-hybridized carbons (Fsp3) is 0.286. The summed E-state index contributed by atoms with van der Waals surface area (Å²) in [5, 5.41) is 12.4. The first-order valence-electron chi connectivity index (χ1n) is 9.52. The molecule has 0 atom stereocenters. The van der Waals surface area contributed by atoms with Crippen molar-refractivity contribution >= 4 is 23.1 Å². The summed E-state index contributed by atoms with van der Waals surface area (Å²) in [5.74, 6) is -0.445. The maximum Gasteiger partial charge on any atom is 0.321 e. The Morgan fingerprint density at radius 3 is 2.70 bits per heavy atom. The van der Waals surface area contributed by atoms with E-state index in [4.69, 9.17) is 4.74 Å². The lowest BCUT2D eigenvalue weighted by Crippen LogP contribution is -2.40. The number of piperidine rings is 1. The van der Waals surface area contributed by atoms with E-state index in [1.807, 2.05) is 18.2 Å². The van der Waals surface area contributed by atoms with Gasteiger partial charge in [-0.25, -0.2) is 13.6 Å². The van der Waals surface area contributed by atoms with Gasteiger partial charge in [-0.1, -0.05) is 17.4 Å². The molecule has 0 aliphatic carbocycles. The van der Waals surface area contributed by atoms with Gasteiger partial charge in [0.2, 0.25) is 0 Å². The Kier molecular flexibility index (Phi) is 5.89. The second-order valence-corrected chi connectivity index (χ2v) is 8.00. The van der Waals surface area contributed by atoms with Gasteiger partial charge >= 0.3 is 6.03 Å². The number of halogens is 2. The predicted molar refractivity (Wildman–Crippen MR) is 111 cm³/mol. The van der Waals surface area contributed by atoms with E-state index >= 15 is 0 Å². The lowest BCUT2D eigenvalue weighted by molar-refractivity contribution is 0.194. The number of likely N-dealkylation sites (tertiary alicyclic amines) is 1. The summed E-state index contributed by atoms with van der Waals surface area (Å²) in [6.45, 7) is 1.17. The van der Waals surface area contributed by atoms with Crippen LogP contribution in [-0.4, -0.2) is 41.3 Å². The predicted octanol–water partition coefficient (Wildman–Crippen LogP) is 4.90. The highest BCUT2D eigenvalue weighted by atomic mass is 32.1. The average Bonchev–Trinajstić information content (AvgIpc) is 3.24. The number of anilines is 1. The zero-order chi connectivity index (χ0) is 21.1. The molecule has 6 nitrogen and oxygen atoms in total. The highest BCUT2D eigenvalue weighted by molar-refractivity contribution is 7.14. The first kappa shape index (κ1) is 20.2. The molecular weight excluding hydrogens is 410 g/mol. The summed E-state index contributed by atoms with van der Waals surface area (Å²) < 4.78 is 32.3. The van der Waals surface area contributed by atoms with E-state index in [1.165, 1.54) is 23.5 Å². The van der Waals surface area contributed by atoms with Crippen LogP contribution in [0.2, 0.25) is 0 Å². The summed E-state index contributed by atoms with van der Waals surface area (Å²) in [4.78, 5) is 14.3. The zero-order valence-electron chi connectivity index (χ0n) is 16.3. The second kappa shape index (κ2) is 8.74. The lowest BCUT2D eigenvalue weighted by Gasteiger charge is -2.31. The summed E-state index contributed by atoms with van der Waals surface area (Å²) >= 11 is 1.31. The van der Waals surface area contributed by atoms with Crippen molar-refractivity contribution in [1.29, 1.82) is 0 Å². The van der Waals surface area contributed by atoms with Gasteiger partial charge < -0.3 is 15.0 Å². The number of urea groups is 1. The van der Waals surface area contributed by atoms with Gasteiger partial charge in [-0.05, 0) is 37.1 Å². The molecule has 3 aromatic rings. The Hall–Kier alpha value is -3.07. The fourth-order valence-corrected chi connectivity index (χ4v) is 4.44. The molecule has 1 N–H and O–H groups in total. The van der Waals surface area contributed by atoms with Crippen LogP contribution in [0.15, 0.2) is 42.5 Å². The molecule has 1 aliphatic rings. The van der Waals surface area contributed by atoms with Gasteiger partial charge in [0, 0.05) is 42.4 Å². The van der Waals surface area contributed by atoms with Crippen molar-refractivity contribution in [2.75, 3.05) is 25.5 Å². The Bertz CT molecular complexity index is 1050. The minimum Gasteiger partial charge on any atom is -0.497 e. The molecule has 0 unspecified atom stereocenters. The minimum absolute atomic E-state index is 0.153. The largest absolute Gasteiger partial charge is 0.497 e. The van der Waals surface area contributed by atoms with Gasteiger partial charge in [0.05, 0.1) is 7.11 Å². The molecule has 2 amide bonds. The third-order valence-corrected chi connectivity index (χ3v) is 6.17. The molecule has 156 valence electrons. The number of nitrogens with zero attached hydrogens (tertiary/aromatic N) is 3. The van der Waals surface area contributed by atoms with Crippen molar-refractivity contribution in [3.8, 4) is 16.3 Å². The second-order valence-electron chi connectivity index (χ2n) is 6.99. The van der Waals surface area contributed by atoms with Crippen LogP contribution < -0.4 is 10.1 Å². The van der Waals surface area contributed by atoms with E-state index in [-0.39, 0.29) is 17.5 Å². The highest BCUT2D eigenvalue weighted by Gasteiger charge is 2.27. The van der Waals surface area contributed by atoms with Crippen LogP contribution in [0.4, 0.5) is 19.3 Å². The van der Waals surface area contributed by atoms with Crippen molar-refractivity contribution in [2.24, 2.45) is 0 Å². The number of benzene rings is 2. The first-order valence-corrected chi connectivity index (χ1v) is 10.3. The molecular formula is C21H20F2N4O2S. The topological polar surface area (TPSA) is 67.3 Å². The van der Waals surface area contributed by atoms with Gasteiger partial charge in [0.25, 0.3) is 0 Å². The molecule has 2 heterocycles. The summed E-state index contributed by atoms with van der Waals surface area (Å²) in [6.07, 6.45) is 1.48. The number of methoxy groups -OCH3 is 1. The number of hydrogen-bond donors (Lipinski definition) is 1. The van der Waals surface area contributed by atoms with E-state index in [2.05, 4.69) is 15.5 Å². The molecule has 0 saturated carbocycles.